The number of nitrogens with zero attached hydrogens (tertiary/aromatic N) is 2. The third-order valence-electron chi connectivity index (χ3n) is 4.03. The predicted octanol–water partition coefficient (Wildman–Crippen LogP) is 4.65. The third-order valence-corrected chi connectivity index (χ3v) is 6.14. The molecule has 3 aromatic rings. The molecular weight excluding hydrogens is 418 g/mol. The van der Waals surface area contributed by atoms with E-state index in [9.17, 15) is 9.59 Å². The highest BCUT2D eigenvalue weighted by molar-refractivity contribution is 7.99. The van der Waals surface area contributed by atoms with Gasteiger partial charge in [-0.1, -0.05) is 36.7 Å². The highest BCUT2D eigenvalue weighted by atomic mass is 35.5. The van der Waals surface area contributed by atoms with Crippen LogP contribution in [0, 0.1) is 0 Å². The lowest BCUT2D eigenvalue weighted by molar-refractivity contribution is -0.113. The van der Waals surface area contributed by atoms with Gasteiger partial charge in [-0.2, -0.15) is 0 Å². The number of hydrogen-bond donors (Lipinski definition) is 1. The molecule has 0 aliphatic carbocycles. The molecule has 0 radical (unpaired) electrons. The summed E-state index contributed by atoms with van der Waals surface area (Å²) in [6.07, 6.45) is 1.84. The number of ether oxygens (including phenoxy) is 1. The minimum Gasteiger partial charge on any atom is -0.495 e. The number of carbonyl (C=O) groups is 1. The SMILES string of the molecule is CCCCn1c(SCC(=O)Nc2cc(Cl)ccc2OC)nc2ccsc2c1=O. The zero-order valence-corrected chi connectivity index (χ0v) is 17.9. The van der Waals surface area contributed by atoms with Crippen molar-refractivity contribution in [2.75, 3.05) is 18.2 Å². The van der Waals surface area contributed by atoms with E-state index in [1.54, 1.807) is 22.8 Å². The molecule has 9 heteroatoms. The second-order valence-corrected chi connectivity index (χ2v) is 8.32. The first kappa shape index (κ1) is 20.7. The van der Waals surface area contributed by atoms with Crippen LogP contribution in [-0.2, 0) is 11.3 Å². The molecule has 0 aliphatic rings. The summed E-state index contributed by atoms with van der Waals surface area (Å²) < 4.78 is 7.56. The number of rotatable bonds is 8. The smallest absolute Gasteiger partial charge is 0.272 e. The van der Waals surface area contributed by atoms with Gasteiger partial charge in [0.25, 0.3) is 5.56 Å². The molecule has 0 bridgehead atoms. The molecule has 2 aromatic heterocycles. The summed E-state index contributed by atoms with van der Waals surface area (Å²) in [6, 6.07) is 6.85. The van der Waals surface area contributed by atoms with Gasteiger partial charge in [0, 0.05) is 11.6 Å². The number of unbranched alkanes of at least 4 members (excludes halogenated alkanes) is 1. The highest BCUT2D eigenvalue weighted by Gasteiger charge is 2.15. The molecule has 0 saturated carbocycles. The fraction of sp³-hybridized carbons (Fsp3) is 0.316. The normalized spacial score (nSPS) is 11.0. The second-order valence-electron chi connectivity index (χ2n) is 6.02. The Labute approximate surface area is 175 Å². The Hall–Kier alpha value is -2.03. The van der Waals surface area contributed by atoms with Gasteiger partial charge >= 0.3 is 0 Å². The number of fused-ring (bicyclic) bond motifs is 1. The highest BCUT2D eigenvalue weighted by Crippen LogP contribution is 2.28. The summed E-state index contributed by atoms with van der Waals surface area (Å²) in [6.45, 7) is 2.66. The van der Waals surface area contributed by atoms with Crippen molar-refractivity contribution in [3.63, 3.8) is 0 Å². The van der Waals surface area contributed by atoms with E-state index in [0.717, 1.165) is 12.8 Å². The van der Waals surface area contributed by atoms with Crippen molar-refractivity contribution in [2.45, 2.75) is 31.5 Å². The molecule has 6 nitrogen and oxygen atoms in total. The lowest BCUT2D eigenvalue weighted by Crippen LogP contribution is -2.23. The number of hydrogen-bond acceptors (Lipinski definition) is 6. The Morgan fingerprint density at radius 1 is 1.39 bits per heavy atom. The Bertz CT molecular complexity index is 1050. The van der Waals surface area contributed by atoms with Gasteiger partial charge in [0.2, 0.25) is 5.91 Å². The van der Waals surface area contributed by atoms with Crippen LogP contribution in [0.4, 0.5) is 5.69 Å². The maximum Gasteiger partial charge on any atom is 0.272 e. The molecule has 1 N–H and O–H groups in total. The third kappa shape index (κ3) is 4.68. The average molecular weight is 438 g/mol. The van der Waals surface area contributed by atoms with Gasteiger partial charge in [0.1, 0.15) is 10.4 Å². The number of benzene rings is 1. The standard InChI is InChI=1S/C19H20ClN3O3S2/c1-3-4-8-23-18(25)17-13(7-9-27-17)22-19(23)28-11-16(24)21-14-10-12(20)5-6-15(14)26-2/h5-7,9-10H,3-4,8,11H2,1-2H3,(H,21,24). The van der Waals surface area contributed by atoms with Crippen molar-refractivity contribution >= 4 is 56.5 Å². The molecule has 2 heterocycles. The largest absolute Gasteiger partial charge is 0.495 e. The first-order valence-electron chi connectivity index (χ1n) is 8.77. The van der Waals surface area contributed by atoms with E-state index in [2.05, 4.69) is 17.2 Å². The Kier molecular flexibility index (Phi) is 6.98. The van der Waals surface area contributed by atoms with E-state index < -0.39 is 0 Å². The molecule has 0 spiro atoms. The van der Waals surface area contributed by atoms with Gasteiger partial charge < -0.3 is 10.1 Å². The molecular formula is C19H20ClN3O3S2. The molecule has 0 atom stereocenters. The summed E-state index contributed by atoms with van der Waals surface area (Å²) in [5.41, 5.74) is 1.13. The number of amides is 1. The van der Waals surface area contributed by atoms with Crippen LogP contribution in [0.15, 0.2) is 39.6 Å². The van der Waals surface area contributed by atoms with Crippen molar-refractivity contribution in [3.05, 3.63) is 45.0 Å². The number of thioether (sulfide) groups is 1. The summed E-state index contributed by atoms with van der Waals surface area (Å²) in [4.78, 5) is 29.8. The van der Waals surface area contributed by atoms with Crippen molar-refractivity contribution < 1.29 is 9.53 Å². The first-order chi connectivity index (χ1) is 13.5. The molecule has 0 saturated heterocycles. The van der Waals surface area contributed by atoms with Crippen LogP contribution in [0.3, 0.4) is 0 Å². The Balaban J connectivity index is 1.78. The number of nitrogens with one attached hydrogen (secondary N) is 1. The number of carbonyl (C=O) groups excluding carboxylic acids is 1. The number of anilines is 1. The van der Waals surface area contributed by atoms with Crippen LogP contribution in [0.25, 0.3) is 10.2 Å². The minimum absolute atomic E-state index is 0.0483. The van der Waals surface area contributed by atoms with Crippen LogP contribution in [-0.4, -0.2) is 28.3 Å². The fourth-order valence-electron chi connectivity index (χ4n) is 2.64. The van der Waals surface area contributed by atoms with Gasteiger partial charge in [-0.3, -0.25) is 14.2 Å². The van der Waals surface area contributed by atoms with E-state index >= 15 is 0 Å². The summed E-state index contributed by atoms with van der Waals surface area (Å²) in [5, 5.41) is 5.71. The molecule has 0 unspecified atom stereocenters. The number of thiophene rings is 1. The summed E-state index contributed by atoms with van der Waals surface area (Å²) in [5.74, 6) is 0.414. The monoisotopic (exact) mass is 437 g/mol. The van der Waals surface area contributed by atoms with Crippen LogP contribution >= 0.6 is 34.7 Å². The second kappa shape index (κ2) is 9.45. The van der Waals surface area contributed by atoms with Gasteiger partial charge in [-0.05, 0) is 36.1 Å². The van der Waals surface area contributed by atoms with Crippen molar-refractivity contribution in [2.24, 2.45) is 0 Å². The lowest BCUT2D eigenvalue weighted by Gasteiger charge is -2.12. The van der Waals surface area contributed by atoms with Crippen molar-refractivity contribution in [1.82, 2.24) is 9.55 Å². The van der Waals surface area contributed by atoms with Gasteiger partial charge in [0.05, 0.1) is 24.1 Å². The molecule has 0 fully saturated rings. The van der Waals surface area contributed by atoms with E-state index in [4.69, 9.17) is 16.3 Å². The topological polar surface area (TPSA) is 73.2 Å². The average Bonchev–Trinajstić information content (AvgIpc) is 3.15. The van der Waals surface area contributed by atoms with E-state index in [-0.39, 0.29) is 17.2 Å². The van der Waals surface area contributed by atoms with Crippen LogP contribution in [0.5, 0.6) is 5.75 Å². The van der Waals surface area contributed by atoms with E-state index in [0.29, 0.717) is 38.4 Å². The number of halogens is 1. The zero-order valence-electron chi connectivity index (χ0n) is 15.5. The van der Waals surface area contributed by atoms with Crippen LogP contribution < -0.4 is 15.6 Å². The maximum absolute atomic E-state index is 12.8. The van der Waals surface area contributed by atoms with Crippen LogP contribution in [0.1, 0.15) is 19.8 Å². The fourth-order valence-corrected chi connectivity index (χ4v) is 4.42. The molecule has 28 heavy (non-hydrogen) atoms. The molecule has 3 rings (SSSR count). The molecule has 1 amide bonds. The summed E-state index contributed by atoms with van der Waals surface area (Å²) >= 11 is 8.64. The Morgan fingerprint density at radius 2 is 2.21 bits per heavy atom. The minimum atomic E-state index is -0.229. The zero-order chi connectivity index (χ0) is 20.1. The summed E-state index contributed by atoms with van der Waals surface area (Å²) in [7, 11) is 1.53. The molecule has 0 aliphatic heterocycles. The molecule has 1 aromatic carbocycles. The van der Waals surface area contributed by atoms with E-state index in [1.165, 1.54) is 30.2 Å². The Morgan fingerprint density at radius 3 is 2.96 bits per heavy atom. The first-order valence-corrected chi connectivity index (χ1v) is 11.0. The van der Waals surface area contributed by atoms with Gasteiger partial charge in [0.15, 0.2) is 5.16 Å². The predicted molar refractivity (Wildman–Crippen MR) is 116 cm³/mol. The molecule has 148 valence electrons. The van der Waals surface area contributed by atoms with Crippen LogP contribution in [0.2, 0.25) is 5.02 Å². The van der Waals surface area contributed by atoms with Gasteiger partial charge in [-0.25, -0.2) is 4.98 Å². The maximum atomic E-state index is 12.8. The quantitative estimate of drug-likeness (QED) is 0.410. The number of aromatic nitrogens is 2. The van der Waals surface area contributed by atoms with E-state index in [1.807, 2.05) is 11.4 Å². The van der Waals surface area contributed by atoms with Crippen molar-refractivity contribution in [3.8, 4) is 5.75 Å². The van der Waals surface area contributed by atoms with Gasteiger partial charge in [-0.15, -0.1) is 11.3 Å². The lowest BCUT2D eigenvalue weighted by atomic mass is 10.3. The van der Waals surface area contributed by atoms with Crippen molar-refractivity contribution in [1.29, 1.82) is 0 Å². The number of methoxy groups -OCH3 is 1.